The largest absolute Gasteiger partial charge is 0.379 e. The van der Waals surface area contributed by atoms with E-state index in [0.717, 1.165) is 31.9 Å². The van der Waals surface area contributed by atoms with Gasteiger partial charge in [-0.05, 0) is 62.6 Å². The Balaban J connectivity index is 1.58. The van der Waals surface area contributed by atoms with Gasteiger partial charge in [0, 0.05) is 22.9 Å². The minimum atomic E-state index is -0.549. The molecule has 8 heteroatoms. The van der Waals surface area contributed by atoms with Crippen LogP contribution >= 0.6 is 0 Å². The second-order valence-electron chi connectivity index (χ2n) is 8.57. The Morgan fingerprint density at radius 1 is 1.19 bits per heavy atom. The number of Topliss-reactive ketones (excluding diaryl/α,β-unsaturated/α-hetero) is 1. The first-order chi connectivity index (χ1) is 15.0. The summed E-state index contributed by atoms with van der Waals surface area (Å²) in [5, 5.41) is 10.6. The van der Waals surface area contributed by atoms with E-state index in [1.807, 2.05) is 0 Å². The Bertz CT molecular complexity index is 1220. The molecule has 3 saturated carbocycles. The third kappa shape index (κ3) is 3.25. The van der Waals surface area contributed by atoms with Gasteiger partial charge in [0.15, 0.2) is 11.3 Å². The number of hydrogen-bond donors (Lipinski definition) is 2. The quantitative estimate of drug-likeness (QED) is 0.564. The third-order valence-electron chi connectivity index (χ3n) is 6.86. The molecule has 2 bridgehead atoms. The average Bonchev–Trinajstić information content (AvgIpc) is 3.18. The van der Waals surface area contributed by atoms with Crippen molar-refractivity contribution in [3.63, 3.8) is 0 Å². The predicted molar refractivity (Wildman–Crippen MR) is 113 cm³/mol. The van der Waals surface area contributed by atoms with E-state index in [2.05, 4.69) is 25.3 Å². The number of benzene rings is 1. The summed E-state index contributed by atoms with van der Waals surface area (Å²) in [6, 6.07) is 3.88. The van der Waals surface area contributed by atoms with Crippen molar-refractivity contribution < 1.29 is 13.6 Å². The summed E-state index contributed by atoms with van der Waals surface area (Å²) >= 11 is 0. The summed E-state index contributed by atoms with van der Waals surface area (Å²) in [5.41, 5.74) is 1.45. The number of fused-ring (bicyclic) bond motifs is 4. The van der Waals surface area contributed by atoms with Crippen molar-refractivity contribution in [1.29, 1.82) is 0 Å². The van der Waals surface area contributed by atoms with Crippen molar-refractivity contribution in [2.45, 2.75) is 38.6 Å². The number of H-pyrrole nitrogens is 1. The second kappa shape index (κ2) is 7.41. The molecular formula is C23H21F2N5O. The normalized spacial score (nSPS) is 24.8. The Morgan fingerprint density at radius 3 is 2.65 bits per heavy atom. The van der Waals surface area contributed by atoms with Crippen molar-refractivity contribution in [3.05, 3.63) is 47.4 Å². The zero-order valence-electron chi connectivity index (χ0n) is 17.0. The molecule has 158 valence electrons. The molecule has 3 aliphatic carbocycles. The van der Waals surface area contributed by atoms with Crippen LogP contribution < -0.4 is 5.32 Å². The van der Waals surface area contributed by atoms with Crippen molar-refractivity contribution >= 4 is 28.2 Å². The van der Waals surface area contributed by atoms with E-state index >= 15 is 0 Å². The monoisotopic (exact) mass is 421 g/mol. The summed E-state index contributed by atoms with van der Waals surface area (Å²) in [4.78, 5) is 19.8. The number of ketones is 1. The van der Waals surface area contributed by atoms with Crippen molar-refractivity contribution in [2.24, 2.45) is 17.8 Å². The molecule has 6 nitrogen and oxygen atoms in total. The smallest absolute Gasteiger partial charge is 0.199 e. The summed E-state index contributed by atoms with van der Waals surface area (Å²) in [7, 11) is 0. The fourth-order valence-corrected chi connectivity index (χ4v) is 5.47. The van der Waals surface area contributed by atoms with E-state index < -0.39 is 11.6 Å². The lowest BCUT2D eigenvalue weighted by molar-refractivity contribution is -0.126. The summed E-state index contributed by atoms with van der Waals surface area (Å²) in [6.45, 7) is 9.10. The molecule has 0 amide bonds. The van der Waals surface area contributed by atoms with Gasteiger partial charge in [0.05, 0.1) is 24.2 Å². The molecule has 0 aliphatic heterocycles. The minimum Gasteiger partial charge on any atom is -0.379 e. The number of carbonyl (C=O) groups is 1. The lowest BCUT2D eigenvalue weighted by Gasteiger charge is -2.48. The zero-order valence-corrected chi connectivity index (χ0v) is 17.0. The molecule has 31 heavy (non-hydrogen) atoms. The first-order valence-electron chi connectivity index (χ1n) is 10.4. The molecule has 3 fully saturated rings. The lowest BCUT2D eigenvalue weighted by Crippen LogP contribution is -2.51. The number of hydrogen-bond acceptors (Lipinski definition) is 4. The molecule has 1 aromatic carbocycles. The van der Waals surface area contributed by atoms with E-state index in [1.165, 1.54) is 12.1 Å². The minimum absolute atomic E-state index is 0.0890. The zero-order chi connectivity index (χ0) is 21.7. The number of carbonyl (C=O) groups excluding carboxylic acids is 1. The van der Waals surface area contributed by atoms with E-state index in [1.54, 1.807) is 13.0 Å². The van der Waals surface area contributed by atoms with Gasteiger partial charge < -0.3 is 5.32 Å². The molecule has 3 aliphatic rings. The molecule has 2 aromatic heterocycles. The summed E-state index contributed by atoms with van der Waals surface area (Å²) < 4.78 is 28.8. The number of pyridine rings is 1. The average molecular weight is 421 g/mol. The van der Waals surface area contributed by atoms with Crippen LogP contribution in [0.3, 0.4) is 0 Å². The van der Waals surface area contributed by atoms with Crippen LogP contribution in [0.5, 0.6) is 0 Å². The number of nitrogens with zero attached hydrogens (tertiary/aromatic N) is 3. The molecular weight excluding hydrogens is 400 g/mol. The Morgan fingerprint density at radius 2 is 1.94 bits per heavy atom. The number of rotatable bonds is 4. The van der Waals surface area contributed by atoms with E-state index in [0.29, 0.717) is 34.1 Å². The summed E-state index contributed by atoms with van der Waals surface area (Å²) in [5.74, 6) is -0.438. The molecule has 0 saturated heterocycles. The standard InChI is InChI=1S/C23H21F2N5O/c1-11(31)20-12-3-5-13(6-4-12)21(20)28-19-8-15(18(26-2)9-17(19)25)22-16-7-14(24)10-27-23(16)30-29-22/h7-10,12-13,20-21,28H,3-6H2,1H3,(H,27,29,30)/t12?,13?,20-,21-/m1/s1. The van der Waals surface area contributed by atoms with Crippen LogP contribution in [0.25, 0.3) is 27.1 Å². The topological polar surface area (TPSA) is 75.0 Å². The number of aromatic nitrogens is 3. The molecule has 6 rings (SSSR count). The van der Waals surface area contributed by atoms with Crippen LogP contribution in [-0.4, -0.2) is 27.0 Å². The van der Waals surface area contributed by atoms with Crippen LogP contribution in [0.4, 0.5) is 20.2 Å². The van der Waals surface area contributed by atoms with Gasteiger partial charge in [-0.1, -0.05) is 0 Å². The van der Waals surface area contributed by atoms with Crippen LogP contribution in [0.2, 0.25) is 0 Å². The highest BCUT2D eigenvalue weighted by Gasteiger charge is 2.45. The molecule has 0 spiro atoms. The van der Waals surface area contributed by atoms with E-state index in [9.17, 15) is 13.6 Å². The van der Waals surface area contributed by atoms with Crippen molar-refractivity contribution in [2.75, 3.05) is 5.32 Å². The van der Waals surface area contributed by atoms with Gasteiger partial charge in [0.2, 0.25) is 0 Å². The third-order valence-corrected chi connectivity index (χ3v) is 6.86. The van der Waals surface area contributed by atoms with Gasteiger partial charge in [0.1, 0.15) is 17.4 Å². The van der Waals surface area contributed by atoms with Crippen LogP contribution in [0.15, 0.2) is 24.4 Å². The van der Waals surface area contributed by atoms with Gasteiger partial charge in [-0.25, -0.2) is 18.6 Å². The number of aromatic amines is 1. The highest BCUT2D eigenvalue weighted by Crippen LogP contribution is 2.47. The first kappa shape index (κ1) is 19.6. The number of nitrogens with one attached hydrogen (secondary N) is 2. The van der Waals surface area contributed by atoms with Gasteiger partial charge in [0.25, 0.3) is 0 Å². The fourth-order valence-electron chi connectivity index (χ4n) is 5.47. The molecule has 2 N–H and O–H groups in total. The first-order valence-corrected chi connectivity index (χ1v) is 10.4. The lowest BCUT2D eigenvalue weighted by atomic mass is 9.60. The van der Waals surface area contributed by atoms with Crippen LogP contribution in [0, 0.1) is 36.0 Å². The van der Waals surface area contributed by atoms with Crippen LogP contribution in [-0.2, 0) is 4.79 Å². The molecule has 2 heterocycles. The summed E-state index contributed by atoms with van der Waals surface area (Å²) in [6.07, 6.45) is 5.19. The Labute approximate surface area is 177 Å². The molecule has 3 aromatic rings. The Hall–Kier alpha value is -3.34. The molecule has 0 unspecified atom stereocenters. The molecule has 0 radical (unpaired) electrons. The van der Waals surface area contributed by atoms with Crippen LogP contribution in [0.1, 0.15) is 32.6 Å². The highest BCUT2D eigenvalue weighted by molar-refractivity contribution is 5.95. The number of anilines is 1. The second-order valence-corrected chi connectivity index (χ2v) is 8.57. The van der Waals surface area contributed by atoms with Gasteiger partial charge in [-0.2, -0.15) is 5.10 Å². The highest BCUT2D eigenvalue weighted by atomic mass is 19.1. The molecule has 2 atom stereocenters. The van der Waals surface area contributed by atoms with E-state index in [4.69, 9.17) is 6.57 Å². The maximum Gasteiger partial charge on any atom is 0.199 e. The van der Waals surface area contributed by atoms with E-state index in [-0.39, 0.29) is 29.1 Å². The maximum absolute atomic E-state index is 15.0. The van der Waals surface area contributed by atoms with Crippen molar-refractivity contribution in [3.8, 4) is 11.3 Å². The Kier molecular flexibility index (Phi) is 4.69. The van der Waals surface area contributed by atoms with Gasteiger partial charge in [-0.3, -0.25) is 9.89 Å². The number of halogens is 2. The SMILES string of the molecule is [C-]#[N+]c1cc(F)c(N[C@@H]2C3CCC(CC3)[C@H]2C(C)=O)cc1-c1[nH]nc2ncc(F)cc12. The van der Waals surface area contributed by atoms with Crippen molar-refractivity contribution in [1.82, 2.24) is 15.2 Å². The predicted octanol–water partition coefficient (Wildman–Crippen LogP) is 5.26. The fraction of sp³-hybridized carbons (Fsp3) is 0.391. The maximum atomic E-state index is 15.0. The van der Waals surface area contributed by atoms with Gasteiger partial charge in [-0.15, -0.1) is 0 Å². The van der Waals surface area contributed by atoms with Gasteiger partial charge >= 0.3 is 0 Å².